The molecule has 0 bridgehead atoms. The number of carbonyl (C=O) groups is 4. The largest absolute Gasteiger partial charge is 0.391 e. The number of carbonyl (C=O) groups excluding carboxylic acids is 4. The molecular weight excluding hydrogens is 382 g/mol. The zero-order valence-electron chi connectivity index (χ0n) is 16.8. The van der Waals surface area contributed by atoms with Crippen LogP contribution in [-0.2, 0) is 19.2 Å². The highest BCUT2D eigenvalue weighted by Gasteiger charge is 2.43. The van der Waals surface area contributed by atoms with Crippen LogP contribution in [0.4, 0.5) is 0 Å². The van der Waals surface area contributed by atoms with Crippen LogP contribution in [0.3, 0.4) is 0 Å². The number of nitrogens with one attached hydrogen (secondary N) is 1. The van der Waals surface area contributed by atoms with Crippen molar-refractivity contribution in [1.29, 1.82) is 0 Å². The van der Waals surface area contributed by atoms with E-state index in [1.165, 1.54) is 23.6 Å². The van der Waals surface area contributed by atoms with Crippen LogP contribution in [0.15, 0.2) is 0 Å². The molecule has 6 atom stereocenters. The fraction of sp³-hybridized carbons (Fsp3) is 0.778. The Kier molecular flexibility index (Phi) is 7.55. The summed E-state index contributed by atoms with van der Waals surface area (Å²) in [6.07, 6.45) is -0.170. The van der Waals surface area contributed by atoms with Gasteiger partial charge in [0.15, 0.2) is 0 Å². The number of likely N-dealkylation sites (tertiary alicyclic amines) is 2. The maximum atomic E-state index is 13.1. The van der Waals surface area contributed by atoms with Gasteiger partial charge in [-0.1, -0.05) is 0 Å². The van der Waals surface area contributed by atoms with E-state index in [2.05, 4.69) is 5.32 Å². The van der Waals surface area contributed by atoms with Gasteiger partial charge in [0.1, 0.15) is 24.2 Å². The number of amides is 4. The maximum absolute atomic E-state index is 13.1. The lowest BCUT2D eigenvalue weighted by atomic mass is 10.1. The molecule has 11 nitrogen and oxygen atoms in total. The molecule has 2 rings (SSSR count). The Balaban J connectivity index is 2.11. The number of primary amides is 1. The molecular formula is C18H31N5O6. The second-order valence-corrected chi connectivity index (χ2v) is 7.77. The summed E-state index contributed by atoms with van der Waals surface area (Å²) in [6, 6.07) is -3.94. The fourth-order valence-corrected chi connectivity index (χ4v) is 3.86. The molecule has 0 spiro atoms. The second kappa shape index (κ2) is 9.51. The molecule has 7 N–H and O–H groups in total. The van der Waals surface area contributed by atoms with E-state index in [-0.39, 0.29) is 5.91 Å². The molecule has 0 aliphatic carbocycles. The van der Waals surface area contributed by atoms with E-state index < -0.39 is 54.1 Å². The van der Waals surface area contributed by atoms with E-state index in [1.54, 1.807) is 0 Å². The third-order valence-corrected chi connectivity index (χ3v) is 5.55. The van der Waals surface area contributed by atoms with Gasteiger partial charge in [0, 0.05) is 13.1 Å². The molecule has 0 radical (unpaired) electrons. The minimum absolute atomic E-state index is 0.341. The van der Waals surface area contributed by atoms with Crippen molar-refractivity contribution >= 4 is 23.6 Å². The predicted octanol–water partition coefficient (Wildman–Crippen LogP) is -2.97. The first kappa shape index (κ1) is 23.0. The van der Waals surface area contributed by atoms with E-state index >= 15 is 0 Å². The lowest BCUT2D eigenvalue weighted by molar-refractivity contribution is -0.148. The highest BCUT2D eigenvalue weighted by molar-refractivity contribution is 5.95. The van der Waals surface area contributed by atoms with Crippen molar-refractivity contribution in [3.8, 4) is 0 Å². The Bertz CT molecular complexity index is 655. The Labute approximate surface area is 169 Å². The highest BCUT2D eigenvalue weighted by Crippen LogP contribution is 2.25. The molecule has 2 aliphatic heterocycles. The van der Waals surface area contributed by atoms with Gasteiger partial charge in [-0.2, -0.15) is 0 Å². The first-order valence-corrected chi connectivity index (χ1v) is 9.88. The van der Waals surface area contributed by atoms with Crippen molar-refractivity contribution in [3.63, 3.8) is 0 Å². The van der Waals surface area contributed by atoms with Crippen molar-refractivity contribution in [2.24, 2.45) is 11.5 Å². The molecule has 0 aromatic carbocycles. The monoisotopic (exact) mass is 413 g/mol. The summed E-state index contributed by atoms with van der Waals surface area (Å²) in [5.74, 6) is -2.31. The number of nitrogens with two attached hydrogens (primary N) is 2. The number of aliphatic hydroxyl groups excluding tert-OH is 2. The Morgan fingerprint density at radius 3 is 2.03 bits per heavy atom. The van der Waals surface area contributed by atoms with Gasteiger partial charge in [-0.3, -0.25) is 19.2 Å². The quantitative estimate of drug-likeness (QED) is 0.295. The number of nitrogens with zero attached hydrogens (tertiary/aromatic N) is 2. The minimum atomic E-state index is -1.26. The van der Waals surface area contributed by atoms with Gasteiger partial charge in [-0.15, -0.1) is 0 Å². The number of rotatable bonds is 7. The van der Waals surface area contributed by atoms with Gasteiger partial charge in [0.05, 0.1) is 12.2 Å². The zero-order valence-corrected chi connectivity index (χ0v) is 16.8. The van der Waals surface area contributed by atoms with Crippen LogP contribution in [0.25, 0.3) is 0 Å². The van der Waals surface area contributed by atoms with Gasteiger partial charge in [0.25, 0.3) is 0 Å². The lowest BCUT2D eigenvalue weighted by Gasteiger charge is -2.33. The van der Waals surface area contributed by atoms with Crippen LogP contribution in [0.2, 0.25) is 0 Å². The molecule has 164 valence electrons. The molecule has 2 heterocycles. The van der Waals surface area contributed by atoms with Crippen LogP contribution in [0, 0.1) is 0 Å². The van der Waals surface area contributed by atoms with Crippen LogP contribution in [0.1, 0.15) is 39.5 Å². The van der Waals surface area contributed by atoms with Crippen LogP contribution in [-0.4, -0.2) is 93.1 Å². The van der Waals surface area contributed by atoms with E-state index in [0.29, 0.717) is 38.8 Å². The van der Waals surface area contributed by atoms with E-state index in [4.69, 9.17) is 11.5 Å². The molecule has 2 saturated heterocycles. The number of hydrogen-bond donors (Lipinski definition) is 5. The maximum Gasteiger partial charge on any atom is 0.246 e. The highest BCUT2D eigenvalue weighted by atomic mass is 16.3. The van der Waals surface area contributed by atoms with Crippen molar-refractivity contribution in [2.75, 3.05) is 13.1 Å². The standard InChI is InChI=1S/C18H31N5O6/c1-9(24)13(19)18(29)23-8-4-6-12(23)17(28)22-7-3-5-11(22)16(27)21-14(10(2)25)15(20)26/h9-14,24-25H,3-8,19H2,1-2H3,(H2,20,26)(H,21,27)/t9-,10-,11+,12+,13+,14?/m1/s1. The smallest absolute Gasteiger partial charge is 0.246 e. The Hall–Kier alpha value is -2.24. The first-order valence-electron chi connectivity index (χ1n) is 9.88. The first-order chi connectivity index (χ1) is 13.6. The van der Waals surface area contributed by atoms with Crippen molar-refractivity contribution < 1.29 is 29.4 Å². The van der Waals surface area contributed by atoms with E-state index in [9.17, 15) is 29.4 Å². The number of aliphatic hydroxyl groups is 2. The zero-order chi connectivity index (χ0) is 21.9. The topological polar surface area (TPSA) is 179 Å². The Morgan fingerprint density at radius 2 is 1.52 bits per heavy atom. The summed E-state index contributed by atoms with van der Waals surface area (Å²) in [7, 11) is 0. The molecule has 29 heavy (non-hydrogen) atoms. The van der Waals surface area contributed by atoms with Crippen molar-refractivity contribution in [1.82, 2.24) is 15.1 Å². The summed E-state index contributed by atoms with van der Waals surface area (Å²) in [5.41, 5.74) is 11.0. The predicted molar refractivity (Wildman–Crippen MR) is 102 cm³/mol. The Morgan fingerprint density at radius 1 is 0.966 bits per heavy atom. The fourth-order valence-electron chi connectivity index (χ4n) is 3.86. The van der Waals surface area contributed by atoms with Gasteiger partial charge >= 0.3 is 0 Å². The summed E-state index contributed by atoms with van der Waals surface area (Å²) >= 11 is 0. The summed E-state index contributed by atoms with van der Waals surface area (Å²) in [4.78, 5) is 52.5. The van der Waals surface area contributed by atoms with Gasteiger partial charge < -0.3 is 36.8 Å². The molecule has 0 saturated carbocycles. The molecule has 0 aromatic rings. The average Bonchev–Trinajstić information content (AvgIpc) is 3.32. The van der Waals surface area contributed by atoms with Crippen molar-refractivity contribution in [3.05, 3.63) is 0 Å². The van der Waals surface area contributed by atoms with Gasteiger partial charge in [-0.25, -0.2) is 0 Å². The van der Waals surface area contributed by atoms with E-state index in [1.807, 2.05) is 0 Å². The van der Waals surface area contributed by atoms with Crippen LogP contribution < -0.4 is 16.8 Å². The normalized spacial score (nSPS) is 26.0. The average molecular weight is 413 g/mol. The third kappa shape index (κ3) is 5.03. The number of hydrogen-bond acceptors (Lipinski definition) is 7. The lowest BCUT2D eigenvalue weighted by Crippen LogP contribution is -2.58. The SMILES string of the molecule is C[C@@H](O)C(NC(=O)[C@@H]1CCCN1C(=O)[C@@H]1CCCN1C(=O)[C@@H](N)[C@@H](C)O)C(N)=O. The minimum Gasteiger partial charge on any atom is -0.391 e. The summed E-state index contributed by atoms with van der Waals surface area (Å²) in [6.45, 7) is 3.44. The molecule has 1 unspecified atom stereocenters. The van der Waals surface area contributed by atoms with Crippen molar-refractivity contribution in [2.45, 2.75) is 75.9 Å². The molecule has 0 aromatic heterocycles. The van der Waals surface area contributed by atoms with Crippen LogP contribution >= 0.6 is 0 Å². The molecule has 2 aliphatic rings. The molecule has 11 heteroatoms. The summed E-state index contributed by atoms with van der Waals surface area (Å²) in [5, 5.41) is 21.6. The summed E-state index contributed by atoms with van der Waals surface area (Å²) < 4.78 is 0. The second-order valence-electron chi connectivity index (χ2n) is 7.77. The van der Waals surface area contributed by atoms with E-state index in [0.717, 1.165) is 0 Å². The van der Waals surface area contributed by atoms with Gasteiger partial charge in [-0.05, 0) is 39.5 Å². The third-order valence-electron chi connectivity index (χ3n) is 5.55. The van der Waals surface area contributed by atoms with Gasteiger partial charge in [0.2, 0.25) is 23.6 Å². The molecule has 4 amide bonds. The molecule has 2 fully saturated rings. The van der Waals surface area contributed by atoms with Crippen LogP contribution in [0.5, 0.6) is 0 Å².